The van der Waals surface area contributed by atoms with E-state index in [2.05, 4.69) is 19.2 Å². The van der Waals surface area contributed by atoms with Crippen molar-refractivity contribution in [1.82, 2.24) is 4.90 Å². The van der Waals surface area contributed by atoms with Gasteiger partial charge in [0.2, 0.25) is 11.8 Å². The monoisotopic (exact) mass is 414 g/mol. The zero-order valence-corrected chi connectivity index (χ0v) is 17.7. The lowest BCUT2D eigenvalue weighted by molar-refractivity contribution is -0.148. The van der Waals surface area contributed by atoms with Crippen LogP contribution in [0.5, 0.6) is 0 Å². The van der Waals surface area contributed by atoms with Crippen molar-refractivity contribution < 1.29 is 23.9 Å². The Labute approximate surface area is 177 Å². The van der Waals surface area contributed by atoms with Crippen LogP contribution in [0, 0.1) is 11.8 Å². The van der Waals surface area contributed by atoms with Gasteiger partial charge in [0, 0.05) is 12.2 Å². The molecule has 1 aromatic carbocycles. The van der Waals surface area contributed by atoms with Crippen molar-refractivity contribution in [3.05, 3.63) is 29.8 Å². The highest BCUT2D eigenvalue weighted by molar-refractivity contribution is 6.05. The number of likely N-dealkylation sites (tertiary alicyclic amines) is 1. The zero-order valence-electron chi connectivity index (χ0n) is 17.7. The Hall–Kier alpha value is -2.70. The Bertz CT molecular complexity index is 780. The van der Waals surface area contributed by atoms with Crippen LogP contribution in [0.15, 0.2) is 24.3 Å². The van der Waals surface area contributed by atoms with E-state index < -0.39 is 18.5 Å². The Kier molecular flexibility index (Phi) is 7.24. The van der Waals surface area contributed by atoms with Crippen LogP contribution >= 0.6 is 0 Å². The number of nitrogens with one attached hydrogen (secondary N) is 1. The van der Waals surface area contributed by atoms with Crippen molar-refractivity contribution in [2.75, 3.05) is 18.5 Å². The highest BCUT2D eigenvalue weighted by atomic mass is 16.5. The number of carbonyl (C=O) groups excluding carboxylic acids is 4. The third-order valence-electron chi connectivity index (χ3n) is 6.21. The summed E-state index contributed by atoms with van der Waals surface area (Å²) < 4.78 is 5.00. The number of ether oxygens (including phenoxy) is 1. The number of fused-ring (bicyclic) bond motifs is 1. The fourth-order valence-electron chi connectivity index (χ4n) is 4.20. The predicted octanol–water partition coefficient (Wildman–Crippen LogP) is 3.25. The first kappa shape index (κ1) is 22.0. The van der Waals surface area contributed by atoms with E-state index in [0.29, 0.717) is 11.6 Å². The minimum absolute atomic E-state index is 0.0161. The second-order valence-corrected chi connectivity index (χ2v) is 8.22. The highest BCUT2D eigenvalue weighted by Crippen LogP contribution is 2.37. The number of amides is 3. The van der Waals surface area contributed by atoms with Gasteiger partial charge in [-0.3, -0.25) is 24.1 Å². The summed E-state index contributed by atoms with van der Waals surface area (Å²) >= 11 is 0. The largest absolute Gasteiger partial charge is 0.456 e. The van der Waals surface area contributed by atoms with Crippen molar-refractivity contribution in [2.24, 2.45) is 11.8 Å². The van der Waals surface area contributed by atoms with Crippen molar-refractivity contribution >= 4 is 29.4 Å². The third kappa shape index (κ3) is 5.07. The summed E-state index contributed by atoms with van der Waals surface area (Å²) in [6, 6.07) is 7.59. The summed E-state index contributed by atoms with van der Waals surface area (Å²) in [5.41, 5.74) is 1.84. The number of imide groups is 1. The van der Waals surface area contributed by atoms with E-state index in [1.807, 2.05) is 24.3 Å². The van der Waals surface area contributed by atoms with E-state index in [4.69, 9.17) is 4.74 Å². The maximum atomic E-state index is 12.4. The molecule has 7 heteroatoms. The number of carbonyl (C=O) groups is 4. The molecular weight excluding hydrogens is 384 g/mol. The average Bonchev–Trinajstić information content (AvgIpc) is 3.01. The van der Waals surface area contributed by atoms with E-state index >= 15 is 0 Å². The summed E-state index contributed by atoms with van der Waals surface area (Å²) in [5.74, 6) is -1.37. The van der Waals surface area contributed by atoms with Gasteiger partial charge in [0.15, 0.2) is 6.61 Å². The van der Waals surface area contributed by atoms with Gasteiger partial charge >= 0.3 is 5.97 Å². The molecule has 0 aromatic heterocycles. The van der Waals surface area contributed by atoms with E-state index in [1.54, 1.807) is 0 Å². The van der Waals surface area contributed by atoms with Gasteiger partial charge < -0.3 is 10.1 Å². The molecule has 162 valence electrons. The predicted molar refractivity (Wildman–Crippen MR) is 112 cm³/mol. The van der Waals surface area contributed by atoms with Gasteiger partial charge in [-0.2, -0.15) is 0 Å². The molecule has 30 heavy (non-hydrogen) atoms. The lowest BCUT2D eigenvalue weighted by Gasteiger charge is -2.19. The molecule has 2 fully saturated rings. The van der Waals surface area contributed by atoms with Crippen LogP contribution in [0.25, 0.3) is 0 Å². The number of rotatable bonds is 8. The number of nitrogens with zero attached hydrogens (tertiary/aromatic N) is 1. The molecule has 1 aliphatic heterocycles. The summed E-state index contributed by atoms with van der Waals surface area (Å²) in [5, 5.41) is 2.69. The zero-order chi connectivity index (χ0) is 21.7. The molecule has 1 heterocycles. The number of esters is 1. The minimum atomic E-state index is -0.604. The first-order valence-corrected chi connectivity index (χ1v) is 10.8. The fourth-order valence-corrected chi connectivity index (χ4v) is 4.20. The van der Waals surface area contributed by atoms with E-state index in [0.717, 1.165) is 32.1 Å². The van der Waals surface area contributed by atoms with Crippen molar-refractivity contribution in [3.63, 3.8) is 0 Å². The van der Waals surface area contributed by atoms with Crippen LogP contribution < -0.4 is 5.32 Å². The standard InChI is InChI=1S/C23H30N2O5/c1-3-15(2)16-8-10-17(11-9-16)24-20(26)14-30-21(27)12-13-25-22(28)18-6-4-5-7-19(18)23(25)29/h8-11,15,18-19H,3-7,12-14H2,1-2H3,(H,24,26)/t15-,18+,19+/m1/s1. The number of hydrogen-bond donors (Lipinski definition) is 1. The summed E-state index contributed by atoms with van der Waals surface area (Å²) in [6.07, 6.45) is 4.35. The van der Waals surface area contributed by atoms with E-state index in [9.17, 15) is 19.2 Å². The summed E-state index contributed by atoms with van der Waals surface area (Å²) in [7, 11) is 0. The Balaban J connectivity index is 1.40. The number of hydrogen-bond acceptors (Lipinski definition) is 5. The van der Waals surface area contributed by atoms with Crippen molar-refractivity contribution in [2.45, 2.75) is 58.3 Å². The quantitative estimate of drug-likeness (QED) is 0.521. The maximum Gasteiger partial charge on any atom is 0.308 e. The molecule has 3 amide bonds. The molecule has 1 N–H and O–H groups in total. The molecule has 1 saturated heterocycles. The number of benzene rings is 1. The molecule has 7 nitrogen and oxygen atoms in total. The lowest BCUT2D eigenvalue weighted by Crippen LogP contribution is -2.33. The molecule has 0 radical (unpaired) electrons. The fraction of sp³-hybridized carbons (Fsp3) is 0.565. The Morgan fingerprint density at radius 2 is 1.70 bits per heavy atom. The minimum Gasteiger partial charge on any atom is -0.456 e. The van der Waals surface area contributed by atoms with Crippen LogP contribution in [0.3, 0.4) is 0 Å². The highest BCUT2D eigenvalue weighted by Gasteiger charge is 2.47. The van der Waals surface area contributed by atoms with Crippen molar-refractivity contribution in [1.29, 1.82) is 0 Å². The topological polar surface area (TPSA) is 92.8 Å². The molecule has 2 aliphatic rings. The molecule has 0 bridgehead atoms. The molecule has 1 aromatic rings. The lowest BCUT2D eigenvalue weighted by atomic mass is 9.81. The smallest absolute Gasteiger partial charge is 0.308 e. The van der Waals surface area contributed by atoms with Gasteiger partial charge in [-0.15, -0.1) is 0 Å². The molecule has 1 saturated carbocycles. The van der Waals surface area contributed by atoms with Crippen LogP contribution in [-0.2, 0) is 23.9 Å². The Morgan fingerprint density at radius 1 is 1.10 bits per heavy atom. The second-order valence-electron chi connectivity index (χ2n) is 8.22. The molecule has 1 aliphatic carbocycles. The molecule has 0 unspecified atom stereocenters. The van der Waals surface area contributed by atoms with Crippen LogP contribution in [0.4, 0.5) is 5.69 Å². The second kappa shape index (κ2) is 9.87. The first-order valence-electron chi connectivity index (χ1n) is 10.8. The molecule has 3 atom stereocenters. The van der Waals surface area contributed by atoms with Crippen LogP contribution in [0.1, 0.15) is 63.9 Å². The van der Waals surface area contributed by atoms with Gasteiger partial charge in [0.25, 0.3) is 5.91 Å². The van der Waals surface area contributed by atoms with Gasteiger partial charge in [-0.1, -0.05) is 38.8 Å². The molecule has 0 spiro atoms. The molecule has 3 rings (SSSR count). The average molecular weight is 415 g/mol. The third-order valence-corrected chi connectivity index (χ3v) is 6.21. The van der Waals surface area contributed by atoms with Crippen LogP contribution in [0.2, 0.25) is 0 Å². The maximum absolute atomic E-state index is 12.4. The first-order chi connectivity index (χ1) is 14.4. The Morgan fingerprint density at radius 3 is 2.27 bits per heavy atom. The normalized spacial score (nSPS) is 21.9. The molecular formula is C23H30N2O5. The van der Waals surface area contributed by atoms with Crippen LogP contribution in [-0.4, -0.2) is 41.7 Å². The summed E-state index contributed by atoms with van der Waals surface area (Å²) in [4.78, 5) is 50.0. The van der Waals surface area contributed by atoms with Gasteiger partial charge in [0.1, 0.15) is 0 Å². The van der Waals surface area contributed by atoms with Gasteiger partial charge in [-0.05, 0) is 42.9 Å². The number of anilines is 1. The summed E-state index contributed by atoms with van der Waals surface area (Å²) in [6.45, 7) is 3.88. The SMILES string of the molecule is CC[C@@H](C)c1ccc(NC(=O)COC(=O)CCN2C(=O)[C@H]3CCCC[C@@H]3C2=O)cc1. The van der Waals surface area contributed by atoms with Crippen molar-refractivity contribution in [3.8, 4) is 0 Å². The van der Waals surface area contributed by atoms with E-state index in [-0.39, 0.29) is 36.6 Å². The van der Waals surface area contributed by atoms with Gasteiger partial charge in [-0.25, -0.2) is 0 Å². The van der Waals surface area contributed by atoms with Gasteiger partial charge in [0.05, 0.1) is 18.3 Å². The van der Waals surface area contributed by atoms with E-state index in [1.165, 1.54) is 10.5 Å².